The lowest BCUT2D eigenvalue weighted by molar-refractivity contribution is 0.324. The minimum atomic E-state index is -0.463. The van der Waals surface area contributed by atoms with Gasteiger partial charge in [-0.2, -0.15) is 4.98 Å². The van der Waals surface area contributed by atoms with Crippen molar-refractivity contribution in [3.05, 3.63) is 65.5 Å². The Morgan fingerprint density at radius 3 is 2.46 bits per heavy atom. The summed E-state index contributed by atoms with van der Waals surface area (Å²) in [6, 6.07) is 15.7. The van der Waals surface area contributed by atoms with Crippen molar-refractivity contribution < 1.29 is 9.26 Å². The fourth-order valence-electron chi connectivity index (χ4n) is 2.66. The number of hydrogen-bond donors (Lipinski definition) is 1. The number of nitrogens with two attached hydrogens (primary N) is 1. The number of hydrogen-bond acceptors (Lipinski definition) is 5. The van der Waals surface area contributed by atoms with Crippen molar-refractivity contribution in [3.8, 4) is 17.1 Å². The molecular formula is C19H21N3O2. The van der Waals surface area contributed by atoms with Gasteiger partial charge in [0.1, 0.15) is 5.75 Å². The van der Waals surface area contributed by atoms with Gasteiger partial charge in [0.15, 0.2) is 0 Å². The highest BCUT2D eigenvalue weighted by molar-refractivity contribution is 5.55. The van der Waals surface area contributed by atoms with Crippen LogP contribution in [0.4, 0.5) is 0 Å². The highest BCUT2D eigenvalue weighted by Gasteiger charge is 2.32. The van der Waals surface area contributed by atoms with E-state index in [1.807, 2.05) is 62.4 Å². The summed E-state index contributed by atoms with van der Waals surface area (Å²) in [4.78, 5) is 4.59. The topological polar surface area (TPSA) is 74.2 Å². The molecule has 0 radical (unpaired) electrons. The minimum absolute atomic E-state index is 0.463. The van der Waals surface area contributed by atoms with Gasteiger partial charge in [0.25, 0.3) is 0 Å². The number of para-hydroxylation sites is 1. The molecule has 24 heavy (non-hydrogen) atoms. The Morgan fingerprint density at radius 2 is 1.79 bits per heavy atom. The molecule has 0 unspecified atom stereocenters. The van der Waals surface area contributed by atoms with Crippen LogP contribution < -0.4 is 10.5 Å². The molecule has 5 heteroatoms. The highest BCUT2D eigenvalue weighted by Crippen LogP contribution is 2.36. The molecule has 0 amide bonds. The van der Waals surface area contributed by atoms with Crippen LogP contribution in [-0.4, -0.2) is 17.3 Å². The lowest BCUT2D eigenvalue weighted by Gasteiger charge is -2.22. The molecule has 124 valence electrons. The molecule has 0 aliphatic heterocycles. The quantitative estimate of drug-likeness (QED) is 0.777. The number of ether oxygens (including phenoxy) is 1. The molecule has 3 rings (SSSR count). The summed E-state index contributed by atoms with van der Waals surface area (Å²) >= 11 is 0. The molecule has 0 bridgehead atoms. The summed E-state index contributed by atoms with van der Waals surface area (Å²) in [5, 5.41) is 4.13. The SMILES string of the molecule is COc1ccccc1C(C)(C)c1nc(-c2ccc(CN)cc2)no1. The maximum absolute atomic E-state index is 5.63. The standard InChI is InChI=1S/C19H21N3O2/c1-19(2,15-6-4-5-7-16(15)23-3)18-21-17(22-24-18)14-10-8-13(12-20)9-11-14/h4-11H,12,20H2,1-3H3. The van der Waals surface area contributed by atoms with Gasteiger partial charge >= 0.3 is 0 Å². The van der Waals surface area contributed by atoms with Crippen LogP contribution in [0, 0.1) is 0 Å². The van der Waals surface area contributed by atoms with Crippen molar-refractivity contribution in [3.63, 3.8) is 0 Å². The second kappa shape index (κ2) is 6.45. The predicted octanol–water partition coefficient (Wildman–Crippen LogP) is 3.53. The third-order valence-corrected chi connectivity index (χ3v) is 4.19. The van der Waals surface area contributed by atoms with Crippen molar-refractivity contribution >= 4 is 0 Å². The molecule has 2 aromatic carbocycles. The Kier molecular flexibility index (Phi) is 4.36. The van der Waals surface area contributed by atoms with Crippen LogP contribution >= 0.6 is 0 Å². The molecule has 0 fully saturated rings. The van der Waals surface area contributed by atoms with Crippen LogP contribution in [0.2, 0.25) is 0 Å². The van der Waals surface area contributed by atoms with E-state index in [1.54, 1.807) is 7.11 Å². The van der Waals surface area contributed by atoms with E-state index in [9.17, 15) is 0 Å². The zero-order valence-electron chi connectivity index (χ0n) is 14.1. The normalized spacial score (nSPS) is 11.5. The van der Waals surface area contributed by atoms with Crippen molar-refractivity contribution in [2.24, 2.45) is 5.73 Å². The molecule has 1 aromatic heterocycles. The van der Waals surface area contributed by atoms with Crippen LogP contribution in [0.1, 0.15) is 30.9 Å². The fourth-order valence-corrected chi connectivity index (χ4v) is 2.66. The van der Waals surface area contributed by atoms with E-state index in [-0.39, 0.29) is 0 Å². The molecule has 0 aliphatic rings. The van der Waals surface area contributed by atoms with Crippen LogP contribution in [0.5, 0.6) is 5.75 Å². The van der Waals surface area contributed by atoms with Crippen LogP contribution in [0.15, 0.2) is 53.1 Å². The summed E-state index contributed by atoms with van der Waals surface area (Å²) in [5.41, 5.74) is 8.14. The second-order valence-electron chi connectivity index (χ2n) is 6.15. The number of methoxy groups -OCH3 is 1. The highest BCUT2D eigenvalue weighted by atomic mass is 16.5. The zero-order chi connectivity index (χ0) is 17.2. The van der Waals surface area contributed by atoms with E-state index in [0.29, 0.717) is 18.3 Å². The largest absolute Gasteiger partial charge is 0.496 e. The van der Waals surface area contributed by atoms with Gasteiger partial charge in [0, 0.05) is 17.7 Å². The van der Waals surface area contributed by atoms with Crippen molar-refractivity contribution in [1.29, 1.82) is 0 Å². The lowest BCUT2D eigenvalue weighted by Crippen LogP contribution is -2.20. The summed E-state index contributed by atoms with van der Waals surface area (Å²) in [7, 11) is 1.66. The second-order valence-corrected chi connectivity index (χ2v) is 6.15. The molecule has 5 nitrogen and oxygen atoms in total. The molecule has 0 atom stereocenters. The van der Waals surface area contributed by atoms with Gasteiger partial charge in [0.05, 0.1) is 12.5 Å². The van der Waals surface area contributed by atoms with E-state index >= 15 is 0 Å². The minimum Gasteiger partial charge on any atom is -0.496 e. The third kappa shape index (κ3) is 2.90. The third-order valence-electron chi connectivity index (χ3n) is 4.19. The Labute approximate surface area is 141 Å². The van der Waals surface area contributed by atoms with Gasteiger partial charge in [-0.3, -0.25) is 0 Å². The zero-order valence-corrected chi connectivity index (χ0v) is 14.1. The van der Waals surface area contributed by atoms with Crippen LogP contribution in [-0.2, 0) is 12.0 Å². The molecule has 3 aromatic rings. The molecule has 0 saturated carbocycles. The smallest absolute Gasteiger partial charge is 0.237 e. The number of benzene rings is 2. The monoisotopic (exact) mass is 323 g/mol. The molecule has 2 N–H and O–H groups in total. The van der Waals surface area contributed by atoms with Crippen molar-refractivity contribution in [1.82, 2.24) is 10.1 Å². The molecule has 0 saturated heterocycles. The average Bonchev–Trinajstić information content (AvgIpc) is 3.12. The molecular weight excluding hydrogens is 302 g/mol. The Balaban J connectivity index is 1.96. The van der Waals surface area contributed by atoms with Gasteiger partial charge in [-0.05, 0) is 25.5 Å². The Bertz CT molecular complexity index is 823. The van der Waals surface area contributed by atoms with Crippen molar-refractivity contribution in [2.45, 2.75) is 25.8 Å². The first-order chi connectivity index (χ1) is 11.6. The average molecular weight is 323 g/mol. The number of nitrogens with zero attached hydrogens (tertiary/aromatic N) is 2. The van der Waals surface area contributed by atoms with Crippen LogP contribution in [0.3, 0.4) is 0 Å². The summed E-state index contributed by atoms with van der Waals surface area (Å²) in [6.45, 7) is 4.60. The van der Waals surface area contributed by atoms with Gasteiger partial charge in [-0.1, -0.05) is 47.6 Å². The van der Waals surface area contributed by atoms with E-state index in [4.69, 9.17) is 15.0 Å². The van der Waals surface area contributed by atoms with E-state index in [0.717, 1.165) is 22.4 Å². The molecule has 0 spiro atoms. The predicted molar refractivity (Wildman–Crippen MR) is 92.7 cm³/mol. The Morgan fingerprint density at radius 1 is 1.08 bits per heavy atom. The maximum Gasteiger partial charge on any atom is 0.237 e. The summed E-state index contributed by atoms with van der Waals surface area (Å²) < 4.78 is 11.0. The first kappa shape index (κ1) is 16.2. The van der Waals surface area contributed by atoms with E-state index in [2.05, 4.69) is 10.1 Å². The number of aromatic nitrogens is 2. The summed E-state index contributed by atoms with van der Waals surface area (Å²) in [6.07, 6.45) is 0. The number of rotatable bonds is 5. The first-order valence-electron chi connectivity index (χ1n) is 7.83. The van der Waals surface area contributed by atoms with Gasteiger partial charge < -0.3 is 15.0 Å². The van der Waals surface area contributed by atoms with Gasteiger partial charge in [-0.15, -0.1) is 0 Å². The lowest BCUT2D eigenvalue weighted by atomic mass is 9.84. The Hall–Kier alpha value is -2.66. The van der Waals surface area contributed by atoms with Crippen LogP contribution in [0.25, 0.3) is 11.4 Å². The van der Waals surface area contributed by atoms with Gasteiger partial charge in [-0.25, -0.2) is 0 Å². The molecule has 1 heterocycles. The maximum atomic E-state index is 5.63. The first-order valence-corrected chi connectivity index (χ1v) is 7.83. The van der Waals surface area contributed by atoms with Crippen molar-refractivity contribution in [2.75, 3.05) is 7.11 Å². The fraction of sp³-hybridized carbons (Fsp3) is 0.263. The van der Waals surface area contributed by atoms with Gasteiger partial charge in [0.2, 0.25) is 11.7 Å². The van der Waals surface area contributed by atoms with E-state index in [1.165, 1.54) is 0 Å². The summed E-state index contributed by atoms with van der Waals surface area (Å²) in [5.74, 6) is 1.91. The van der Waals surface area contributed by atoms with E-state index < -0.39 is 5.41 Å². The molecule has 0 aliphatic carbocycles.